The van der Waals surface area contributed by atoms with Gasteiger partial charge in [-0.15, -0.1) is 11.8 Å². The molecule has 1 atom stereocenters. The summed E-state index contributed by atoms with van der Waals surface area (Å²) in [4.78, 5) is 0.945. The molecule has 112 valence electrons. The summed E-state index contributed by atoms with van der Waals surface area (Å²) < 4.78 is 18.5. The molecular formula is C17H20FNOS. The van der Waals surface area contributed by atoms with Gasteiger partial charge >= 0.3 is 0 Å². The van der Waals surface area contributed by atoms with Crippen molar-refractivity contribution in [1.82, 2.24) is 5.32 Å². The lowest BCUT2D eigenvalue weighted by Gasteiger charge is -2.18. The summed E-state index contributed by atoms with van der Waals surface area (Å²) in [5.41, 5.74) is 1.18. The van der Waals surface area contributed by atoms with E-state index >= 15 is 0 Å². The second-order valence-electron chi connectivity index (χ2n) is 4.66. The van der Waals surface area contributed by atoms with E-state index in [4.69, 9.17) is 4.74 Å². The summed E-state index contributed by atoms with van der Waals surface area (Å²) in [7, 11) is 1.67. The Hall–Kier alpha value is -1.52. The van der Waals surface area contributed by atoms with E-state index in [0.29, 0.717) is 0 Å². The molecule has 2 aromatic rings. The normalized spacial score (nSPS) is 12.1. The zero-order valence-electron chi connectivity index (χ0n) is 12.3. The molecule has 0 saturated heterocycles. The number of halogens is 1. The van der Waals surface area contributed by atoms with Gasteiger partial charge in [-0.05, 0) is 42.4 Å². The van der Waals surface area contributed by atoms with Gasteiger partial charge in [-0.25, -0.2) is 4.39 Å². The highest BCUT2D eigenvalue weighted by atomic mass is 32.2. The van der Waals surface area contributed by atoms with Crippen LogP contribution in [0.2, 0.25) is 0 Å². The first-order valence-corrected chi connectivity index (χ1v) is 7.97. The first kappa shape index (κ1) is 15.9. The van der Waals surface area contributed by atoms with Crippen LogP contribution < -0.4 is 10.1 Å². The highest BCUT2D eigenvalue weighted by Gasteiger charge is 2.12. The molecule has 1 unspecified atom stereocenters. The fourth-order valence-electron chi connectivity index (χ4n) is 2.11. The Morgan fingerprint density at radius 1 is 1.19 bits per heavy atom. The summed E-state index contributed by atoms with van der Waals surface area (Å²) in [5, 5.41) is 3.46. The van der Waals surface area contributed by atoms with Crippen molar-refractivity contribution >= 4 is 11.8 Å². The van der Waals surface area contributed by atoms with Crippen LogP contribution in [0.4, 0.5) is 4.39 Å². The summed E-state index contributed by atoms with van der Waals surface area (Å²) in [6.07, 6.45) is 0. The predicted molar refractivity (Wildman–Crippen MR) is 86.5 cm³/mol. The molecular weight excluding hydrogens is 285 g/mol. The Balaban J connectivity index is 2.07. The second-order valence-corrected chi connectivity index (χ2v) is 5.75. The van der Waals surface area contributed by atoms with Gasteiger partial charge in [0.15, 0.2) is 0 Å². The smallest absolute Gasteiger partial charge is 0.124 e. The first-order valence-electron chi connectivity index (χ1n) is 6.98. The third-order valence-corrected chi connectivity index (χ3v) is 4.25. The average molecular weight is 305 g/mol. The van der Waals surface area contributed by atoms with Crippen LogP contribution in [0.5, 0.6) is 5.75 Å². The molecule has 0 aliphatic carbocycles. The highest BCUT2D eigenvalue weighted by molar-refractivity contribution is 7.99. The molecule has 0 aliphatic rings. The van der Waals surface area contributed by atoms with E-state index in [2.05, 4.69) is 18.3 Å². The Morgan fingerprint density at radius 3 is 2.71 bits per heavy atom. The standard InChI is InChI=1S/C17H20FNOS/c1-3-19-17(13-6-4-8-15(10-13)20-2)12-21-16-9-5-7-14(18)11-16/h4-11,17,19H,3,12H2,1-2H3. The number of ether oxygens (including phenoxy) is 1. The number of hydrogen-bond acceptors (Lipinski definition) is 3. The fraction of sp³-hybridized carbons (Fsp3) is 0.294. The largest absolute Gasteiger partial charge is 0.497 e. The van der Waals surface area contributed by atoms with Crippen molar-refractivity contribution in [3.05, 3.63) is 59.9 Å². The average Bonchev–Trinajstić information content (AvgIpc) is 2.51. The van der Waals surface area contributed by atoms with Gasteiger partial charge in [0.1, 0.15) is 11.6 Å². The molecule has 2 rings (SSSR count). The maximum absolute atomic E-state index is 13.2. The van der Waals surface area contributed by atoms with E-state index in [9.17, 15) is 4.39 Å². The van der Waals surface area contributed by atoms with Gasteiger partial charge in [0.05, 0.1) is 7.11 Å². The lowest BCUT2D eigenvalue weighted by molar-refractivity contribution is 0.413. The van der Waals surface area contributed by atoms with Gasteiger partial charge in [-0.3, -0.25) is 0 Å². The molecule has 0 radical (unpaired) electrons. The number of thioether (sulfide) groups is 1. The minimum absolute atomic E-state index is 0.193. The number of rotatable bonds is 7. The van der Waals surface area contributed by atoms with Crippen molar-refractivity contribution in [3.63, 3.8) is 0 Å². The Morgan fingerprint density at radius 2 is 2.00 bits per heavy atom. The Labute approximate surface area is 129 Å². The Bertz CT molecular complexity index is 576. The molecule has 2 aromatic carbocycles. The van der Waals surface area contributed by atoms with E-state index in [1.54, 1.807) is 31.0 Å². The number of hydrogen-bond donors (Lipinski definition) is 1. The van der Waals surface area contributed by atoms with Crippen LogP contribution in [0.15, 0.2) is 53.4 Å². The van der Waals surface area contributed by atoms with Crippen molar-refractivity contribution in [2.45, 2.75) is 17.9 Å². The molecule has 21 heavy (non-hydrogen) atoms. The van der Waals surface area contributed by atoms with E-state index < -0.39 is 0 Å². The van der Waals surface area contributed by atoms with E-state index in [-0.39, 0.29) is 11.9 Å². The molecule has 0 amide bonds. The SMILES string of the molecule is CCNC(CSc1cccc(F)c1)c1cccc(OC)c1. The van der Waals surface area contributed by atoms with Gasteiger partial charge in [-0.1, -0.05) is 25.1 Å². The quantitative estimate of drug-likeness (QED) is 0.772. The molecule has 4 heteroatoms. The molecule has 2 nitrogen and oxygen atoms in total. The minimum atomic E-state index is -0.193. The maximum Gasteiger partial charge on any atom is 0.124 e. The van der Waals surface area contributed by atoms with Crippen LogP contribution in [0.3, 0.4) is 0 Å². The van der Waals surface area contributed by atoms with Gasteiger partial charge < -0.3 is 10.1 Å². The third-order valence-electron chi connectivity index (χ3n) is 3.16. The van der Waals surface area contributed by atoms with E-state index in [0.717, 1.165) is 22.9 Å². The zero-order chi connectivity index (χ0) is 15.1. The summed E-state index contributed by atoms with van der Waals surface area (Å²) in [5.74, 6) is 1.50. The van der Waals surface area contributed by atoms with E-state index in [1.807, 2.05) is 24.3 Å². The molecule has 0 bridgehead atoms. The van der Waals surface area contributed by atoms with E-state index in [1.165, 1.54) is 11.6 Å². The number of methoxy groups -OCH3 is 1. The second kappa shape index (κ2) is 8.05. The Kier molecular flexibility index (Phi) is 6.08. The predicted octanol–water partition coefficient (Wildman–Crippen LogP) is 4.28. The van der Waals surface area contributed by atoms with Crippen molar-refractivity contribution in [2.24, 2.45) is 0 Å². The van der Waals surface area contributed by atoms with Crippen LogP contribution in [0, 0.1) is 5.82 Å². The molecule has 0 fully saturated rings. The minimum Gasteiger partial charge on any atom is -0.497 e. The fourth-order valence-corrected chi connectivity index (χ4v) is 3.15. The topological polar surface area (TPSA) is 21.3 Å². The summed E-state index contributed by atoms with van der Waals surface area (Å²) in [6, 6.07) is 15.0. The number of benzene rings is 2. The van der Waals surface area contributed by atoms with Crippen LogP contribution in [-0.4, -0.2) is 19.4 Å². The van der Waals surface area contributed by atoms with Gasteiger partial charge in [0.2, 0.25) is 0 Å². The van der Waals surface area contributed by atoms with Gasteiger partial charge in [0, 0.05) is 16.7 Å². The third kappa shape index (κ3) is 4.76. The van der Waals surface area contributed by atoms with Gasteiger partial charge in [0.25, 0.3) is 0 Å². The monoisotopic (exact) mass is 305 g/mol. The van der Waals surface area contributed by atoms with Crippen LogP contribution in [-0.2, 0) is 0 Å². The molecule has 0 saturated carbocycles. The number of nitrogens with one attached hydrogen (secondary N) is 1. The summed E-state index contributed by atoms with van der Waals surface area (Å²) in [6.45, 7) is 2.96. The molecule has 0 heterocycles. The van der Waals surface area contributed by atoms with Gasteiger partial charge in [-0.2, -0.15) is 0 Å². The van der Waals surface area contributed by atoms with Crippen molar-refractivity contribution in [3.8, 4) is 5.75 Å². The molecule has 1 N–H and O–H groups in total. The van der Waals surface area contributed by atoms with Crippen molar-refractivity contribution in [2.75, 3.05) is 19.4 Å². The van der Waals surface area contributed by atoms with Crippen molar-refractivity contribution < 1.29 is 9.13 Å². The summed E-state index contributed by atoms with van der Waals surface area (Å²) >= 11 is 1.65. The highest BCUT2D eigenvalue weighted by Crippen LogP contribution is 2.27. The lowest BCUT2D eigenvalue weighted by Crippen LogP contribution is -2.22. The molecule has 0 spiro atoms. The first-order chi connectivity index (χ1) is 10.2. The molecule has 0 aromatic heterocycles. The van der Waals surface area contributed by atoms with Crippen LogP contribution >= 0.6 is 11.8 Å². The van der Waals surface area contributed by atoms with Crippen LogP contribution in [0.25, 0.3) is 0 Å². The van der Waals surface area contributed by atoms with Crippen LogP contribution in [0.1, 0.15) is 18.5 Å². The van der Waals surface area contributed by atoms with Crippen molar-refractivity contribution in [1.29, 1.82) is 0 Å². The maximum atomic E-state index is 13.2. The zero-order valence-corrected chi connectivity index (χ0v) is 13.1. The molecule has 0 aliphatic heterocycles. The lowest BCUT2D eigenvalue weighted by atomic mass is 10.1.